The van der Waals surface area contributed by atoms with Crippen LogP contribution in [0.3, 0.4) is 0 Å². The molecule has 8 heteroatoms. The van der Waals surface area contributed by atoms with Crippen LogP contribution in [0, 0.1) is 5.82 Å². The van der Waals surface area contributed by atoms with Crippen LogP contribution in [0.15, 0.2) is 48.8 Å². The number of aromatic nitrogens is 2. The molecule has 0 bridgehead atoms. The lowest BCUT2D eigenvalue weighted by molar-refractivity contribution is 0.0953. The number of rotatable bonds is 5. The largest absolute Gasteiger partial charge is 0.496 e. The Kier molecular flexibility index (Phi) is 5.84. The first-order valence-electron chi connectivity index (χ1n) is 10.6. The molecule has 1 aliphatic heterocycles. The molecule has 0 saturated heterocycles. The van der Waals surface area contributed by atoms with Crippen molar-refractivity contribution in [1.29, 1.82) is 0 Å². The van der Waals surface area contributed by atoms with Gasteiger partial charge in [-0.25, -0.2) is 9.37 Å². The molecule has 4 rings (SSSR count). The van der Waals surface area contributed by atoms with Gasteiger partial charge in [-0.1, -0.05) is 19.9 Å². The van der Waals surface area contributed by atoms with E-state index in [0.29, 0.717) is 30.0 Å². The molecule has 3 aromatic rings. The van der Waals surface area contributed by atoms with Crippen molar-refractivity contribution < 1.29 is 18.7 Å². The van der Waals surface area contributed by atoms with Gasteiger partial charge in [-0.3, -0.25) is 19.5 Å². The van der Waals surface area contributed by atoms with Gasteiger partial charge in [-0.2, -0.15) is 0 Å². The fourth-order valence-electron chi connectivity index (χ4n) is 4.15. The molecule has 0 spiro atoms. The number of ether oxygens (including phenoxy) is 1. The molecule has 0 unspecified atom stereocenters. The lowest BCUT2D eigenvalue weighted by Crippen LogP contribution is -2.47. The van der Waals surface area contributed by atoms with Crippen LogP contribution >= 0.6 is 0 Å². The summed E-state index contributed by atoms with van der Waals surface area (Å²) in [5.74, 6) is -0.433. The zero-order valence-corrected chi connectivity index (χ0v) is 19.0. The Hall–Kier alpha value is -3.81. The van der Waals surface area contributed by atoms with Crippen molar-refractivity contribution in [2.24, 2.45) is 0 Å². The summed E-state index contributed by atoms with van der Waals surface area (Å²) in [5, 5.41) is 2.54. The quantitative estimate of drug-likeness (QED) is 0.646. The maximum atomic E-state index is 14.5. The second-order valence-corrected chi connectivity index (χ2v) is 8.60. The molecule has 33 heavy (non-hydrogen) atoms. The third-order valence-electron chi connectivity index (χ3n) is 5.85. The number of halogens is 1. The Labute approximate surface area is 191 Å². The van der Waals surface area contributed by atoms with Gasteiger partial charge in [0.1, 0.15) is 11.4 Å². The van der Waals surface area contributed by atoms with Crippen molar-refractivity contribution in [3.63, 3.8) is 0 Å². The molecule has 2 aromatic heterocycles. The second-order valence-electron chi connectivity index (χ2n) is 8.60. The van der Waals surface area contributed by atoms with E-state index in [2.05, 4.69) is 15.3 Å². The number of methoxy groups -OCH3 is 1. The van der Waals surface area contributed by atoms with E-state index in [0.717, 1.165) is 16.7 Å². The van der Waals surface area contributed by atoms with E-state index in [1.807, 2.05) is 26.0 Å². The first-order valence-corrected chi connectivity index (χ1v) is 10.6. The molecule has 0 aliphatic carbocycles. The number of carbonyl (C=O) groups excluding carboxylic acids is 2. The number of benzene rings is 1. The molecule has 2 amide bonds. The zero-order chi connectivity index (χ0) is 23.8. The van der Waals surface area contributed by atoms with E-state index in [4.69, 9.17) is 4.74 Å². The SMILES string of the molecule is CNC(=O)c1ccc(Cc2cc3c(cc2OC)C(C)(C)CN(c2ncccc2F)C3=O)cn1. The Bertz CT molecular complexity index is 1220. The molecule has 1 aromatic carbocycles. The molecular formula is C25H25FN4O3. The molecule has 0 fully saturated rings. The van der Waals surface area contributed by atoms with Crippen molar-refractivity contribution in [2.75, 3.05) is 25.6 Å². The average molecular weight is 448 g/mol. The summed E-state index contributed by atoms with van der Waals surface area (Å²) in [7, 11) is 3.14. The molecule has 3 heterocycles. The van der Waals surface area contributed by atoms with E-state index >= 15 is 0 Å². The van der Waals surface area contributed by atoms with Gasteiger partial charge in [0.25, 0.3) is 11.8 Å². The van der Waals surface area contributed by atoms with Crippen molar-refractivity contribution in [3.8, 4) is 5.75 Å². The number of carbonyl (C=O) groups is 2. The Balaban J connectivity index is 1.74. The Morgan fingerprint density at radius 3 is 2.67 bits per heavy atom. The third kappa shape index (κ3) is 4.16. The van der Waals surface area contributed by atoms with Crippen LogP contribution in [0.2, 0.25) is 0 Å². The van der Waals surface area contributed by atoms with Crippen LogP contribution in [-0.2, 0) is 11.8 Å². The van der Waals surface area contributed by atoms with E-state index in [-0.39, 0.29) is 17.6 Å². The number of hydrogen-bond donors (Lipinski definition) is 1. The molecule has 170 valence electrons. The van der Waals surface area contributed by atoms with Gasteiger partial charge in [-0.05, 0) is 47.0 Å². The molecule has 1 aliphatic rings. The molecule has 0 atom stereocenters. The summed E-state index contributed by atoms with van der Waals surface area (Å²) in [5.41, 5.74) is 2.85. The number of nitrogens with one attached hydrogen (secondary N) is 1. The summed E-state index contributed by atoms with van der Waals surface area (Å²) in [4.78, 5) is 34.9. The van der Waals surface area contributed by atoms with Gasteiger partial charge in [-0.15, -0.1) is 0 Å². The molecular weight excluding hydrogens is 423 g/mol. The summed E-state index contributed by atoms with van der Waals surface area (Å²) in [6, 6.07) is 9.96. The minimum absolute atomic E-state index is 0.0209. The summed E-state index contributed by atoms with van der Waals surface area (Å²) in [6.07, 6.45) is 3.55. The number of nitrogens with zero attached hydrogens (tertiary/aromatic N) is 3. The summed E-state index contributed by atoms with van der Waals surface area (Å²) in [6.45, 7) is 4.31. The number of amides is 2. The predicted octanol–water partition coefficient (Wildman–Crippen LogP) is 3.51. The topological polar surface area (TPSA) is 84.4 Å². The molecule has 1 N–H and O–H groups in total. The van der Waals surface area contributed by atoms with Crippen molar-refractivity contribution in [3.05, 3.63) is 82.6 Å². The van der Waals surface area contributed by atoms with Crippen LogP contribution in [-0.4, -0.2) is 42.5 Å². The maximum absolute atomic E-state index is 14.5. The van der Waals surface area contributed by atoms with Gasteiger partial charge >= 0.3 is 0 Å². The maximum Gasteiger partial charge on any atom is 0.269 e. The van der Waals surface area contributed by atoms with Crippen LogP contribution in [0.1, 0.15) is 51.4 Å². The van der Waals surface area contributed by atoms with Gasteiger partial charge < -0.3 is 10.1 Å². The van der Waals surface area contributed by atoms with Crippen LogP contribution < -0.4 is 15.0 Å². The molecule has 0 radical (unpaired) electrons. The van der Waals surface area contributed by atoms with Gasteiger partial charge in [0.15, 0.2) is 11.6 Å². The second kappa shape index (κ2) is 8.61. The first kappa shape index (κ1) is 22.4. The number of anilines is 1. The van der Waals surface area contributed by atoms with Crippen LogP contribution in [0.5, 0.6) is 5.75 Å². The average Bonchev–Trinajstić information content (AvgIpc) is 2.81. The highest BCUT2D eigenvalue weighted by molar-refractivity contribution is 6.08. The molecule has 7 nitrogen and oxygen atoms in total. The summed E-state index contributed by atoms with van der Waals surface area (Å²) < 4.78 is 20.1. The normalized spacial score (nSPS) is 14.6. The Morgan fingerprint density at radius 1 is 1.24 bits per heavy atom. The minimum atomic E-state index is -0.541. The molecule has 0 saturated carbocycles. The van der Waals surface area contributed by atoms with Crippen LogP contribution in [0.4, 0.5) is 10.2 Å². The van der Waals surface area contributed by atoms with Crippen molar-refractivity contribution in [1.82, 2.24) is 15.3 Å². The fourth-order valence-corrected chi connectivity index (χ4v) is 4.15. The van der Waals surface area contributed by atoms with Gasteiger partial charge in [0, 0.05) is 43.4 Å². The van der Waals surface area contributed by atoms with E-state index in [9.17, 15) is 14.0 Å². The predicted molar refractivity (Wildman–Crippen MR) is 122 cm³/mol. The zero-order valence-electron chi connectivity index (χ0n) is 19.0. The number of pyridine rings is 2. The summed E-state index contributed by atoms with van der Waals surface area (Å²) >= 11 is 0. The van der Waals surface area contributed by atoms with Crippen LogP contribution in [0.25, 0.3) is 0 Å². The van der Waals surface area contributed by atoms with Crippen molar-refractivity contribution >= 4 is 17.6 Å². The lowest BCUT2D eigenvalue weighted by Gasteiger charge is -2.39. The van der Waals surface area contributed by atoms with Gasteiger partial charge in [0.2, 0.25) is 0 Å². The monoisotopic (exact) mass is 448 g/mol. The number of fused-ring (bicyclic) bond motifs is 1. The minimum Gasteiger partial charge on any atom is -0.496 e. The smallest absolute Gasteiger partial charge is 0.269 e. The van der Waals surface area contributed by atoms with Crippen molar-refractivity contribution in [2.45, 2.75) is 25.7 Å². The number of hydrogen-bond acceptors (Lipinski definition) is 5. The standard InChI is InChI=1S/C25H25FN4O3/c1-25(2)14-30(22-19(26)6-5-9-28-22)24(32)17-11-16(21(33-4)12-18(17)25)10-15-7-8-20(29-13-15)23(31)27-3/h5-9,11-13H,10,14H2,1-4H3,(H,27,31). The van der Waals surface area contributed by atoms with E-state index in [1.54, 1.807) is 32.5 Å². The third-order valence-corrected chi connectivity index (χ3v) is 5.85. The van der Waals surface area contributed by atoms with E-state index < -0.39 is 11.2 Å². The first-order chi connectivity index (χ1) is 15.7. The van der Waals surface area contributed by atoms with Gasteiger partial charge in [0.05, 0.1) is 7.11 Å². The Morgan fingerprint density at radius 2 is 2.03 bits per heavy atom. The van der Waals surface area contributed by atoms with E-state index in [1.165, 1.54) is 23.2 Å². The highest BCUT2D eigenvalue weighted by atomic mass is 19.1. The lowest BCUT2D eigenvalue weighted by atomic mass is 9.77. The fraction of sp³-hybridized carbons (Fsp3) is 0.280. The highest BCUT2D eigenvalue weighted by Gasteiger charge is 2.39. The highest BCUT2D eigenvalue weighted by Crippen LogP contribution is 2.39.